The predicted molar refractivity (Wildman–Crippen MR) is 111 cm³/mol. The molecular weight excluding hydrogens is 410 g/mol. The number of anilines is 1. The van der Waals surface area contributed by atoms with Gasteiger partial charge in [-0.15, -0.1) is 11.3 Å². The van der Waals surface area contributed by atoms with Crippen LogP contribution in [0, 0.1) is 13.8 Å². The molecule has 0 fully saturated rings. The maximum Gasteiger partial charge on any atom is 0.265 e. The van der Waals surface area contributed by atoms with Crippen LogP contribution in [0.2, 0.25) is 0 Å². The third-order valence-electron chi connectivity index (χ3n) is 4.15. The Balaban J connectivity index is 1.69. The van der Waals surface area contributed by atoms with Gasteiger partial charge in [-0.05, 0) is 56.3 Å². The zero-order valence-corrected chi connectivity index (χ0v) is 16.7. The fraction of sp³-hybridized carbons (Fsp3) is 0.100. The van der Waals surface area contributed by atoms with E-state index < -0.39 is 0 Å². The number of nitrogens with zero attached hydrogens (tertiary/aromatic N) is 2. The predicted octanol–water partition coefficient (Wildman–Crippen LogP) is 5.72. The summed E-state index contributed by atoms with van der Waals surface area (Å²) in [6.45, 7) is 4.03. The van der Waals surface area contributed by atoms with Crippen LogP contribution < -0.4 is 5.32 Å². The van der Waals surface area contributed by atoms with E-state index in [9.17, 15) is 4.79 Å². The van der Waals surface area contributed by atoms with Gasteiger partial charge in [0.05, 0.1) is 16.3 Å². The fourth-order valence-electron chi connectivity index (χ4n) is 2.75. The molecule has 0 bridgehead atoms. The molecule has 0 aliphatic carbocycles. The van der Waals surface area contributed by atoms with E-state index in [-0.39, 0.29) is 5.91 Å². The van der Waals surface area contributed by atoms with Crippen LogP contribution in [0.5, 0.6) is 0 Å². The maximum atomic E-state index is 12.6. The number of nitrogens with one attached hydrogen (secondary N) is 1. The molecule has 0 radical (unpaired) electrons. The van der Waals surface area contributed by atoms with E-state index in [1.54, 1.807) is 0 Å². The van der Waals surface area contributed by atoms with Gasteiger partial charge in [0.25, 0.3) is 5.91 Å². The van der Waals surface area contributed by atoms with Crippen LogP contribution in [0.25, 0.3) is 15.9 Å². The van der Waals surface area contributed by atoms with Gasteiger partial charge in [-0.1, -0.05) is 33.6 Å². The molecule has 4 rings (SSSR count). The summed E-state index contributed by atoms with van der Waals surface area (Å²) in [5.74, 6) is -0.108. The lowest BCUT2D eigenvalue weighted by atomic mass is 10.2. The van der Waals surface area contributed by atoms with Crippen molar-refractivity contribution in [2.45, 2.75) is 13.8 Å². The minimum absolute atomic E-state index is 0.108. The number of thiophene rings is 1. The lowest BCUT2D eigenvalue weighted by molar-refractivity contribution is 0.103. The van der Waals surface area contributed by atoms with Crippen molar-refractivity contribution in [3.63, 3.8) is 0 Å². The molecule has 0 unspecified atom stereocenters. The zero-order valence-electron chi connectivity index (χ0n) is 14.3. The van der Waals surface area contributed by atoms with Crippen LogP contribution in [-0.2, 0) is 0 Å². The fourth-order valence-corrected chi connectivity index (χ4v) is 4.09. The second-order valence-electron chi connectivity index (χ2n) is 6.12. The molecule has 1 N–H and O–H groups in total. The van der Waals surface area contributed by atoms with Gasteiger partial charge < -0.3 is 5.32 Å². The first-order chi connectivity index (χ1) is 12.5. The highest BCUT2D eigenvalue weighted by molar-refractivity contribution is 9.10. The second-order valence-corrected chi connectivity index (χ2v) is 8.07. The molecule has 0 aliphatic heterocycles. The Hall–Kier alpha value is -2.44. The molecule has 0 aliphatic rings. The van der Waals surface area contributed by atoms with E-state index in [0.717, 1.165) is 31.8 Å². The molecule has 130 valence electrons. The Morgan fingerprint density at radius 3 is 2.46 bits per heavy atom. The number of carbonyl (C=O) groups is 1. The van der Waals surface area contributed by atoms with Crippen molar-refractivity contribution < 1.29 is 4.79 Å². The molecule has 26 heavy (non-hydrogen) atoms. The number of benzene rings is 2. The van der Waals surface area contributed by atoms with E-state index in [4.69, 9.17) is 0 Å². The average molecular weight is 426 g/mol. The van der Waals surface area contributed by atoms with Gasteiger partial charge in [0.1, 0.15) is 4.83 Å². The molecule has 0 saturated heterocycles. The van der Waals surface area contributed by atoms with E-state index in [0.29, 0.717) is 4.88 Å². The molecule has 6 heteroatoms. The van der Waals surface area contributed by atoms with E-state index in [1.807, 2.05) is 54.1 Å². The van der Waals surface area contributed by atoms with Gasteiger partial charge in [-0.25, -0.2) is 4.68 Å². The lowest BCUT2D eigenvalue weighted by Crippen LogP contribution is -2.09. The van der Waals surface area contributed by atoms with Gasteiger partial charge in [0, 0.05) is 15.5 Å². The first-order valence-corrected chi connectivity index (χ1v) is 9.75. The van der Waals surface area contributed by atoms with Gasteiger partial charge in [0.2, 0.25) is 0 Å². The van der Waals surface area contributed by atoms with Crippen LogP contribution in [0.1, 0.15) is 20.9 Å². The summed E-state index contributed by atoms with van der Waals surface area (Å²) in [5, 5.41) is 8.59. The number of halogens is 1. The molecule has 2 aromatic carbocycles. The highest BCUT2D eigenvalue weighted by Gasteiger charge is 2.17. The molecule has 0 saturated carbocycles. The SMILES string of the molecule is Cc1ccc(-n2nc(C)c3cc(C(=O)Nc4ccc(Br)cc4)sc32)cc1. The van der Waals surface area contributed by atoms with Crippen molar-refractivity contribution in [2.75, 3.05) is 5.32 Å². The second kappa shape index (κ2) is 6.70. The topological polar surface area (TPSA) is 46.9 Å². The molecular formula is C20H16BrN3OS. The van der Waals surface area contributed by atoms with Crippen LogP contribution in [-0.4, -0.2) is 15.7 Å². The normalized spacial score (nSPS) is 11.0. The summed E-state index contributed by atoms with van der Waals surface area (Å²) < 4.78 is 2.89. The summed E-state index contributed by atoms with van der Waals surface area (Å²) in [4.78, 5) is 14.3. The number of amides is 1. The zero-order chi connectivity index (χ0) is 18.3. The monoisotopic (exact) mass is 425 g/mol. The standard InChI is InChI=1S/C20H16BrN3OS/c1-12-3-9-16(10-4-12)24-20-17(13(2)23-24)11-18(26-20)19(25)22-15-7-5-14(21)6-8-15/h3-11H,1-2H3,(H,22,25). The molecule has 0 spiro atoms. The Morgan fingerprint density at radius 1 is 1.08 bits per heavy atom. The third-order valence-corrected chi connectivity index (χ3v) is 5.79. The lowest BCUT2D eigenvalue weighted by Gasteiger charge is -2.04. The van der Waals surface area contributed by atoms with E-state index >= 15 is 0 Å². The minimum atomic E-state index is -0.108. The number of hydrogen-bond acceptors (Lipinski definition) is 3. The average Bonchev–Trinajstić information content (AvgIpc) is 3.19. The molecule has 2 heterocycles. The molecule has 0 atom stereocenters. The third kappa shape index (κ3) is 3.18. The summed E-state index contributed by atoms with van der Waals surface area (Å²) in [6, 6.07) is 17.7. The Bertz CT molecular complexity index is 1090. The first-order valence-electron chi connectivity index (χ1n) is 8.14. The molecule has 2 aromatic heterocycles. The van der Waals surface area contributed by atoms with Crippen molar-refractivity contribution in [3.05, 3.63) is 75.2 Å². The van der Waals surface area contributed by atoms with Gasteiger partial charge in [-0.2, -0.15) is 5.10 Å². The number of rotatable bonds is 3. The molecule has 4 aromatic rings. The van der Waals surface area contributed by atoms with E-state index in [2.05, 4.69) is 45.4 Å². The van der Waals surface area contributed by atoms with Gasteiger partial charge >= 0.3 is 0 Å². The van der Waals surface area contributed by atoms with Crippen molar-refractivity contribution in [1.82, 2.24) is 9.78 Å². The smallest absolute Gasteiger partial charge is 0.265 e. The largest absolute Gasteiger partial charge is 0.321 e. The highest BCUT2D eigenvalue weighted by Crippen LogP contribution is 2.31. The number of fused-ring (bicyclic) bond motifs is 1. The van der Waals surface area contributed by atoms with Crippen LogP contribution in [0.4, 0.5) is 5.69 Å². The minimum Gasteiger partial charge on any atom is -0.321 e. The molecule has 1 amide bonds. The summed E-state index contributed by atoms with van der Waals surface area (Å²) in [5.41, 5.74) is 3.89. The van der Waals surface area contributed by atoms with Crippen molar-refractivity contribution >= 4 is 49.1 Å². The van der Waals surface area contributed by atoms with Crippen molar-refractivity contribution in [1.29, 1.82) is 0 Å². The quantitative estimate of drug-likeness (QED) is 0.456. The van der Waals surface area contributed by atoms with Crippen molar-refractivity contribution in [3.8, 4) is 5.69 Å². The van der Waals surface area contributed by atoms with Crippen molar-refractivity contribution in [2.24, 2.45) is 0 Å². The van der Waals surface area contributed by atoms with E-state index in [1.165, 1.54) is 16.9 Å². The van der Waals surface area contributed by atoms with Gasteiger partial charge in [-0.3, -0.25) is 4.79 Å². The summed E-state index contributed by atoms with van der Waals surface area (Å²) in [7, 11) is 0. The number of aromatic nitrogens is 2. The number of carbonyl (C=O) groups excluding carboxylic acids is 1. The summed E-state index contributed by atoms with van der Waals surface area (Å²) in [6.07, 6.45) is 0. The maximum absolute atomic E-state index is 12.6. The first kappa shape index (κ1) is 17.0. The highest BCUT2D eigenvalue weighted by atomic mass is 79.9. The number of aryl methyl sites for hydroxylation is 2. The number of hydrogen-bond donors (Lipinski definition) is 1. The summed E-state index contributed by atoms with van der Waals surface area (Å²) >= 11 is 4.85. The van der Waals surface area contributed by atoms with Crippen LogP contribution in [0.3, 0.4) is 0 Å². The van der Waals surface area contributed by atoms with Crippen LogP contribution >= 0.6 is 27.3 Å². The van der Waals surface area contributed by atoms with Gasteiger partial charge in [0.15, 0.2) is 0 Å². The Morgan fingerprint density at radius 2 is 1.77 bits per heavy atom. The Kier molecular flexibility index (Phi) is 4.38. The Labute approximate surface area is 163 Å². The molecule has 4 nitrogen and oxygen atoms in total. The van der Waals surface area contributed by atoms with Crippen LogP contribution in [0.15, 0.2) is 59.1 Å².